The molecule has 3 rings (SSSR count). The number of carbonyl (C=O) groups excluding carboxylic acids is 1. The van der Waals surface area contributed by atoms with E-state index in [4.69, 9.17) is 9.47 Å². The van der Waals surface area contributed by atoms with Crippen molar-refractivity contribution < 1.29 is 14.3 Å². The van der Waals surface area contributed by atoms with Crippen LogP contribution in [0.5, 0.6) is 5.75 Å². The lowest BCUT2D eigenvalue weighted by Gasteiger charge is -2.56. The van der Waals surface area contributed by atoms with Gasteiger partial charge in [0.2, 0.25) is 0 Å². The molecule has 132 valence electrons. The maximum Gasteiger partial charge on any atom is 0.317 e. The molecule has 1 aliphatic carbocycles. The van der Waals surface area contributed by atoms with Crippen molar-refractivity contribution in [2.45, 2.75) is 32.2 Å². The standard InChI is InChI=1S/C18H27N3O3/c1-13(15-7-8-19-9-16(15)24-3)20-17(22)21-10-18(11-21,12-23-2)14-5-4-6-14/h7-9,13-14H,4-6,10-12H2,1-3H3,(H,20,22). The first kappa shape index (κ1) is 17.0. The molecule has 24 heavy (non-hydrogen) atoms. The monoisotopic (exact) mass is 333 g/mol. The van der Waals surface area contributed by atoms with Gasteiger partial charge in [-0.25, -0.2) is 4.79 Å². The van der Waals surface area contributed by atoms with Crippen molar-refractivity contribution in [2.24, 2.45) is 11.3 Å². The van der Waals surface area contributed by atoms with E-state index in [-0.39, 0.29) is 17.5 Å². The number of aromatic nitrogens is 1. The number of likely N-dealkylation sites (tertiary alicyclic amines) is 1. The van der Waals surface area contributed by atoms with Gasteiger partial charge in [0.05, 0.1) is 26.0 Å². The average molecular weight is 333 g/mol. The second-order valence-electron chi connectivity index (χ2n) is 7.07. The van der Waals surface area contributed by atoms with Crippen LogP contribution in [0.25, 0.3) is 0 Å². The number of pyridine rings is 1. The molecule has 2 fully saturated rings. The van der Waals surface area contributed by atoms with Gasteiger partial charge in [-0.1, -0.05) is 6.42 Å². The van der Waals surface area contributed by atoms with Crippen LogP contribution in [-0.4, -0.2) is 49.8 Å². The molecule has 6 nitrogen and oxygen atoms in total. The first-order chi connectivity index (χ1) is 11.6. The third-order valence-electron chi connectivity index (χ3n) is 5.54. The number of amides is 2. The summed E-state index contributed by atoms with van der Waals surface area (Å²) in [6.45, 7) is 4.29. The topological polar surface area (TPSA) is 63.7 Å². The van der Waals surface area contributed by atoms with Crippen LogP contribution in [0.4, 0.5) is 4.79 Å². The van der Waals surface area contributed by atoms with Crippen LogP contribution in [0.2, 0.25) is 0 Å². The van der Waals surface area contributed by atoms with E-state index in [0.717, 1.165) is 25.3 Å². The molecule has 1 N–H and O–H groups in total. The highest BCUT2D eigenvalue weighted by atomic mass is 16.5. The normalized spacial score (nSPS) is 20.7. The lowest BCUT2D eigenvalue weighted by atomic mass is 9.61. The summed E-state index contributed by atoms with van der Waals surface area (Å²) < 4.78 is 10.8. The highest BCUT2D eigenvalue weighted by Crippen LogP contribution is 2.48. The number of hydrogen-bond acceptors (Lipinski definition) is 4. The van der Waals surface area contributed by atoms with Gasteiger partial charge in [-0.15, -0.1) is 0 Å². The van der Waals surface area contributed by atoms with E-state index < -0.39 is 0 Å². The predicted molar refractivity (Wildman–Crippen MR) is 91.0 cm³/mol. The summed E-state index contributed by atoms with van der Waals surface area (Å²) in [5.41, 5.74) is 1.10. The average Bonchev–Trinajstić information content (AvgIpc) is 2.50. The molecular weight excluding hydrogens is 306 g/mol. The van der Waals surface area contributed by atoms with Crippen LogP contribution in [0.1, 0.15) is 37.8 Å². The molecule has 2 aliphatic rings. The van der Waals surface area contributed by atoms with Gasteiger partial charge in [-0.3, -0.25) is 4.98 Å². The van der Waals surface area contributed by atoms with Gasteiger partial charge < -0.3 is 19.7 Å². The summed E-state index contributed by atoms with van der Waals surface area (Å²) in [4.78, 5) is 18.5. The van der Waals surface area contributed by atoms with E-state index in [1.807, 2.05) is 17.9 Å². The molecule has 1 aromatic rings. The van der Waals surface area contributed by atoms with E-state index in [9.17, 15) is 4.79 Å². The van der Waals surface area contributed by atoms with Crippen LogP contribution in [-0.2, 0) is 4.74 Å². The maximum absolute atomic E-state index is 12.5. The van der Waals surface area contributed by atoms with Crippen molar-refractivity contribution in [3.8, 4) is 5.75 Å². The second-order valence-corrected chi connectivity index (χ2v) is 7.07. The van der Waals surface area contributed by atoms with Gasteiger partial charge in [0.15, 0.2) is 0 Å². The molecule has 2 amide bonds. The summed E-state index contributed by atoms with van der Waals surface area (Å²) in [7, 11) is 3.36. The number of nitrogens with zero attached hydrogens (tertiary/aromatic N) is 2. The lowest BCUT2D eigenvalue weighted by Crippen LogP contribution is -2.66. The van der Waals surface area contributed by atoms with Crippen LogP contribution in [0, 0.1) is 11.3 Å². The number of urea groups is 1. The van der Waals surface area contributed by atoms with Crippen LogP contribution < -0.4 is 10.1 Å². The first-order valence-electron chi connectivity index (χ1n) is 8.62. The molecule has 1 aromatic heterocycles. The van der Waals surface area contributed by atoms with Crippen LogP contribution in [0.3, 0.4) is 0 Å². The third kappa shape index (κ3) is 3.07. The van der Waals surface area contributed by atoms with Crippen molar-refractivity contribution >= 4 is 6.03 Å². The minimum absolute atomic E-state index is 0.0209. The molecule has 1 saturated carbocycles. The molecule has 1 aliphatic heterocycles. The molecule has 0 aromatic carbocycles. The molecule has 2 heterocycles. The van der Waals surface area contributed by atoms with Gasteiger partial charge in [-0.05, 0) is 31.7 Å². The molecule has 1 unspecified atom stereocenters. The van der Waals surface area contributed by atoms with Crippen molar-refractivity contribution in [2.75, 3.05) is 33.9 Å². The zero-order valence-corrected chi connectivity index (χ0v) is 14.7. The fourth-order valence-electron chi connectivity index (χ4n) is 3.91. The van der Waals surface area contributed by atoms with Gasteiger partial charge in [0, 0.05) is 37.4 Å². The zero-order valence-electron chi connectivity index (χ0n) is 14.7. The zero-order chi connectivity index (χ0) is 17.2. The summed E-state index contributed by atoms with van der Waals surface area (Å²) >= 11 is 0. The van der Waals surface area contributed by atoms with E-state index in [1.165, 1.54) is 19.3 Å². The Kier molecular flexibility index (Phi) is 4.94. The number of carbonyl (C=O) groups is 1. The predicted octanol–water partition coefficient (Wildman–Crippen LogP) is 2.61. The number of ether oxygens (including phenoxy) is 2. The SMILES string of the molecule is COCC1(C2CCC2)CN(C(=O)NC(C)c2ccncc2OC)C1. The van der Waals surface area contributed by atoms with E-state index in [1.54, 1.807) is 26.6 Å². The first-order valence-corrected chi connectivity index (χ1v) is 8.62. The van der Waals surface area contributed by atoms with Crippen LogP contribution in [0.15, 0.2) is 18.5 Å². The second kappa shape index (κ2) is 6.97. The quantitative estimate of drug-likeness (QED) is 0.869. The minimum atomic E-state index is -0.128. The van der Waals surface area contributed by atoms with Crippen molar-refractivity contribution in [1.29, 1.82) is 0 Å². The lowest BCUT2D eigenvalue weighted by molar-refractivity contribution is -0.0941. The number of nitrogens with one attached hydrogen (secondary N) is 1. The Bertz CT molecular complexity index is 583. The number of rotatable bonds is 6. The Labute approximate surface area is 143 Å². The molecular formula is C18H27N3O3. The molecule has 1 atom stereocenters. The number of methoxy groups -OCH3 is 2. The van der Waals surface area contributed by atoms with E-state index >= 15 is 0 Å². The summed E-state index contributed by atoms with van der Waals surface area (Å²) in [5.74, 6) is 1.40. The Morgan fingerprint density at radius 3 is 2.79 bits per heavy atom. The minimum Gasteiger partial charge on any atom is -0.495 e. The summed E-state index contributed by atoms with van der Waals surface area (Å²) in [6.07, 6.45) is 7.22. The van der Waals surface area contributed by atoms with Gasteiger partial charge >= 0.3 is 6.03 Å². The Balaban J connectivity index is 1.58. The molecule has 6 heteroatoms. The van der Waals surface area contributed by atoms with E-state index in [0.29, 0.717) is 11.7 Å². The van der Waals surface area contributed by atoms with Crippen molar-refractivity contribution in [3.63, 3.8) is 0 Å². The summed E-state index contributed by atoms with van der Waals surface area (Å²) in [5, 5.41) is 3.07. The van der Waals surface area contributed by atoms with Crippen molar-refractivity contribution in [3.05, 3.63) is 24.0 Å². The largest absolute Gasteiger partial charge is 0.495 e. The van der Waals surface area contributed by atoms with Gasteiger partial charge in [0.1, 0.15) is 5.75 Å². The smallest absolute Gasteiger partial charge is 0.317 e. The van der Waals surface area contributed by atoms with E-state index in [2.05, 4.69) is 10.3 Å². The highest BCUT2D eigenvalue weighted by molar-refractivity contribution is 5.76. The Morgan fingerprint density at radius 2 is 2.21 bits per heavy atom. The molecule has 0 radical (unpaired) electrons. The fourth-order valence-corrected chi connectivity index (χ4v) is 3.91. The van der Waals surface area contributed by atoms with Gasteiger partial charge in [0.25, 0.3) is 0 Å². The van der Waals surface area contributed by atoms with Crippen molar-refractivity contribution in [1.82, 2.24) is 15.2 Å². The molecule has 0 spiro atoms. The van der Waals surface area contributed by atoms with Crippen LogP contribution >= 0.6 is 0 Å². The molecule has 1 saturated heterocycles. The fraction of sp³-hybridized carbons (Fsp3) is 0.667. The highest BCUT2D eigenvalue weighted by Gasteiger charge is 2.52. The Hall–Kier alpha value is -1.82. The number of hydrogen-bond donors (Lipinski definition) is 1. The molecule has 0 bridgehead atoms. The third-order valence-corrected chi connectivity index (χ3v) is 5.54. The maximum atomic E-state index is 12.5. The summed E-state index contributed by atoms with van der Waals surface area (Å²) in [6, 6.07) is 1.73. The van der Waals surface area contributed by atoms with Gasteiger partial charge in [-0.2, -0.15) is 0 Å². The Morgan fingerprint density at radius 1 is 1.46 bits per heavy atom.